The molecule has 6 aliphatic rings. The number of ether oxygens (including phenoxy) is 5. The largest absolute Gasteiger partial charge is 0.472 e. The molecule has 2 saturated carbocycles. The van der Waals surface area contributed by atoms with Gasteiger partial charge in [0.1, 0.15) is 18.3 Å². The molecule has 1 aromatic rings. The predicted octanol–water partition coefficient (Wildman–Crippen LogP) is 2.68. The molecule has 0 bridgehead atoms. The van der Waals surface area contributed by atoms with Gasteiger partial charge in [0.2, 0.25) is 0 Å². The normalized spacial score (nSPS) is 49.9. The maximum atomic E-state index is 14.8. The number of hydrogen-bond acceptors (Lipinski definition) is 10. The third-order valence-corrected chi connectivity index (χ3v) is 11.0. The van der Waals surface area contributed by atoms with Crippen molar-refractivity contribution in [2.24, 2.45) is 28.1 Å². The highest BCUT2D eigenvalue weighted by Crippen LogP contribution is 2.79. The standard InChI is InChI=1S/C28H32O10/c1-13(29)35-18-19-24(2,3)37-16-10-17(30)34-12-27(16,19)15-6-8-25(4)21(14-7-9-33-11-14)36-23(32)22-28(25,38-22)26(15,5)20(18)31/h7,9,11,15-16,18-19,21-22H,6,8,10,12H2,1-5H3. The number of carbonyl (C=O) groups is 4. The minimum Gasteiger partial charge on any atom is -0.472 e. The monoisotopic (exact) mass is 528 g/mol. The first kappa shape index (κ1) is 24.3. The van der Waals surface area contributed by atoms with Crippen LogP contribution in [0.1, 0.15) is 65.5 Å². The van der Waals surface area contributed by atoms with Crippen molar-refractivity contribution in [3.05, 3.63) is 24.2 Å². The summed E-state index contributed by atoms with van der Waals surface area (Å²) < 4.78 is 35.7. The van der Waals surface area contributed by atoms with Crippen LogP contribution in [-0.2, 0) is 42.9 Å². The maximum Gasteiger partial charge on any atom is 0.339 e. The maximum absolute atomic E-state index is 14.8. The lowest BCUT2D eigenvalue weighted by Crippen LogP contribution is -2.76. The number of epoxide rings is 1. The summed E-state index contributed by atoms with van der Waals surface area (Å²) >= 11 is 0. The fourth-order valence-electron chi connectivity index (χ4n) is 9.78. The van der Waals surface area contributed by atoms with Crippen LogP contribution < -0.4 is 0 Å². The quantitative estimate of drug-likeness (QED) is 0.321. The van der Waals surface area contributed by atoms with E-state index in [9.17, 15) is 19.2 Å². The van der Waals surface area contributed by atoms with E-state index in [1.807, 2.05) is 27.7 Å². The number of Topliss-reactive ketones (excluding diaryl/α,β-unsaturated/α-hetero) is 1. The smallest absolute Gasteiger partial charge is 0.339 e. The van der Waals surface area contributed by atoms with Crippen molar-refractivity contribution in [1.29, 1.82) is 0 Å². The zero-order chi connectivity index (χ0) is 27.0. The Morgan fingerprint density at radius 2 is 1.84 bits per heavy atom. The molecule has 1 aromatic heterocycles. The molecule has 0 amide bonds. The Labute approximate surface area is 219 Å². The molecule has 204 valence electrons. The minimum absolute atomic E-state index is 0.0434. The van der Waals surface area contributed by atoms with Crippen LogP contribution in [0.2, 0.25) is 0 Å². The second-order valence-electron chi connectivity index (χ2n) is 12.9. The Hall–Kier alpha value is -2.72. The van der Waals surface area contributed by atoms with Gasteiger partial charge in [0.15, 0.2) is 18.0 Å². The van der Waals surface area contributed by atoms with Gasteiger partial charge in [-0.05, 0) is 45.6 Å². The molecule has 2 aliphatic carbocycles. The van der Waals surface area contributed by atoms with Crippen LogP contribution in [0.15, 0.2) is 23.0 Å². The molecule has 10 heteroatoms. The molecule has 4 aliphatic heterocycles. The number of rotatable bonds is 2. The highest BCUT2D eigenvalue weighted by Gasteiger charge is 2.91. The van der Waals surface area contributed by atoms with Crippen LogP contribution in [0.25, 0.3) is 0 Å². The summed E-state index contributed by atoms with van der Waals surface area (Å²) in [5, 5.41) is 0. The van der Waals surface area contributed by atoms with Gasteiger partial charge < -0.3 is 28.1 Å². The van der Waals surface area contributed by atoms with E-state index < -0.39 is 69.7 Å². The highest BCUT2D eigenvalue weighted by atomic mass is 16.7. The average Bonchev–Trinajstić information content (AvgIpc) is 3.31. The van der Waals surface area contributed by atoms with Crippen molar-refractivity contribution < 1.29 is 47.3 Å². The van der Waals surface area contributed by atoms with Gasteiger partial charge in [0.05, 0.1) is 36.1 Å². The Bertz CT molecular complexity index is 1270. The van der Waals surface area contributed by atoms with Crippen LogP contribution in [0, 0.1) is 28.1 Å². The van der Waals surface area contributed by atoms with Crippen molar-refractivity contribution in [3.63, 3.8) is 0 Å². The first-order valence-corrected chi connectivity index (χ1v) is 13.3. The van der Waals surface area contributed by atoms with E-state index in [-0.39, 0.29) is 30.7 Å². The summed E-state index contributed by atoms with van der Waals surface area (Å²) in [6, 6.07) is 1.76. The molecule has 10 unspecified atom stereocenters. The van der Waals surface area contributed by atoms with E-state index in [2.05, 4.69) is 0 Å². The molecular formula is C28H32O10. The Balaban J connectivity index is 1.45. The number of fused-ring (bicyclic) bond motifs is 1. The van der Waals surface area contributed by atoms with Crippen molar-refractivity contribution in [2.75, 3.05) is 6.61 Å². The molecular weight excluding hydrogens is 496 g/mol. The number of ketones is 1. The van der Waals surface area contributed by atoms with Crippen LogP contribution >= 0.6 is 0 Å². The SMILES string of the molecule is CC(=O)OC1C(=O)C2(C)C(CCC3(C)C(c4ccoc4)OC(=O)C4OC432)C23COC(=O)CC2OC(C)(C)C13. The van der Waals surface area contributed by atoms with E-state index in [4.69, 9.17) is 28.1 Å². The topological polar surface area (TPSA) is 131 Å². The molecule has 5 heterocycles. The molecule has 38 heavy (non-hydrogen) atoms. The third kappa shape index (κ3) is 2.48. The van der Waals surface area contributed by atoms with E-state index in [1.165, 1.54) is 13.2 Å². The number of hydrogen-bond donors (Lipinski definition) is 0. The van der Waals surface area contributed by atoms with Crippen LogP contribution in [0.3, 0.4) is 0 Å². The second kappa shape index (κ2) is 7.07. The van der Waals surface area contributed by atoms with Gasteiger partial charge in [-0.3, -0.25) is 14.4 Å². The second-order valence-corrected chi connectivity index (χ2v) is 12.9. The van der Waals surface area contributed by atoms with Gasteiger partial charge in [-0.25, -0.2) is 4.79 Å². The number of esters is 3. The fourth-order valence-corrected chi connectivity index (χ4v) is 9.78. The Kier molecular flexibility index (Phi) is 4.53. The van der Waals surface area contributed by atoms with Gasteiger partial charge in [-0.1, -0.05) is 6.92 Å². The molecule has 4 saturated heterocycles. The third-order valence-electron chi connectivity index (χ3n) is 11.0. The van der Waals surface area contributed by atoms with Crippen molar-refractivity contribution in [2.45, 2.75) is 89.5 Å². The van der Waals surface area contributed by atoms with E-state index in [0.717, 1.165) is 0 Å². The average molecular weight is 529 g/mol. The van der Waals surface area contributed by atoms with E-state index >= 15 is 0 Å². The van der Waals surface area contributed by atoms with Gasteiger partial charge in [0, 0.05) is 29.2 Å². The lowest BCUT2D eigenvalue weighted by Gasteiger charge is -2.65. The van der Waals surface area contributed by atoms with Crippen molar-refractivity contribution in [3.8, 4) is 0 Å². The van der Waals surface area contributed by atoms with Gasteiger partial charge >= 0.3 is 17.9 Å². The molecule has 0 radical (unpaired) electrons. The number of cyclic esters (lactones) is 2. The minimum atomic E-state index is -1.26. The summed E-state index contributed by atoms with van der Waals surface area (Å²) in [4.78, 5) is 53.0. The Morgan fingerprint density at radius 3 is 2.53 bits per heavy atom. The lowest BCUT2D eigenvalue weighted by atomic mass is 9.36. The summed E-state index contributed by atoms with van der Waals surface area (Å²) in [5.74, 6) is -2.65. The first-order valence-electron chi connectivity index (χ1n) is 13.3. The zero-order valence-electron chi connectivity index (χ0n) is 22.1. The predicted molar refractivity (Wildman–Crippen MR) is 125 cm³/mol. The van der Waals surface area contributed by atoms with Crippen LogP contribution in [0.5, 0.6) is 0 Å². The summed E-state index contributed by atoms with van der Waals surface area (Å²) in [7, 11) is 0. The first-order chi connectivity index (χ1) is 17.8. The number of furan rings is 1. The fraction of sp³-hybridized carbons (Fsp3) is 0.714. The molecule has 6 fully saturated rings. The molecule has 0 N–H and O–H groups in total. The summed E-state index contributed by atoms with van der Waals surface area (Å²) in [5.41, 5.74) is -4.21. The van der Waals surface area contributed by atoms with Crippen LogP contribution in [0.4, 0.5) is 0 Å². The highest BCUT2D eigenvalue weighted by molar-refractivity contribution is 5.97. The van der Waals surface area contributed by atoms with Crippen molar-refractivity contribution >= 4 is 23.7 Å². The molecule has 0 aromatic carbocycles. The van der Waals surface area contributed by atoms with Crippen molar-refractivity contribution in [1.82, 2.24) is 0 Å². The molecule has 10 nitrogen and oxygen atoms in total. The van der Waals surface area contributed by atoms with E-state index in [0.29, 0.717) is 18.4 Å². The van der Waals surface area contributed by atoms with Gasteiger partial charge in [-0.15, -0.1) is 0 Å². The zero-order valence-corrected chi connectivity index (χ0v) is 22.1. The summed E-state index contributed by atoms with van der Waals surface area (Å²) in [6.07, 6.45) is 0.994. The van der Waals surface area contributed by atoms with Gasteiger partial charge in [0.25, 0.3) is 0 Å². The molecule has 7 rings (SSSR count). The molecule has 2 spiro atoms. The van der Waals surface area contributed by atoms with Gasteiger partial charge in [-0.2, -0.15) is 0 Å². The Morgan fingerprint density at radius 1 is 1.08 bits per heavy atom. The van der Waals surface area contributed by atoms with Crippen LogP contribution in [-0.4, -0.2) is 59.8 Å². The van der Waals surface area contributed by atoms with E-state index in [1.54, 1.807) is 12.3 Å². The lowest BCUT2D eigenvalue weighted by molar-refractivity contribution is -0.240. The summed E-state index contributed by atoms with van der Waals surface area (Å²) in [6.45, 7) is 8.93. The number of carbonyl (C=O) groups excluding carboxylic acids is 4. The molecule has 10 atom stereocenters.